The van der Waals surface area contributed by atoms with Crippen molar-refractivity contribution in [3.05, 3.63) is 94.5 Å². The smallest absolute Gasteiger partial charge is 0.0411 e. The predicted octanol–water partition coefficient (Wildman–Crippen LogP) is 5.38. The van der Waals surface area contributed by atoms with Crippen molar-refractivity contribution in [3.8, 4) is 0 Å². The van der Waals surface area contributed by atoms with Gasteiger partial charge in [-0.3, -0.25) is 0 Å². The molecule has 0 amide bonds. The molecule has 92 valence electrons. The van der Waals surface area contributed by atoms with Crippen molar-refractivity contribution in [2.75, 3.05) is 0 Å². The maximum atomic E-state index is 6.02. The van der Waals surface area contributed by atoms with Crippen LogP contribution in [0.4, 0.5) is 0 Å². The molecule has 0 saturated carbocycles. The maximum Gasteiger partial charge on any atom is 0.0411 e. The minimum absolute atomic E-state index is 0.765. The van der Waals surface area contributed by atoms with Gasteiger partial charge in [0, 0.05) is 5.02 Å². The normalized spacial score (nSPS) is 15.8. The fourth-order valence-electron chi connectivity index (χ4n) is 2.22. The van der Waals surface area contributed by atoms with Gasteiger partial charge in [0.2, 0.25) is 0 Å². The Morgan fingerprint density at radius 2 is 1.74 bits per heavy atom. The van der Waals surface area contributed by atoms with Gasteiger partial charge in [-0.1, -0.05) is 72.3 Å². The van der Waals surface area contributed by atoms with Crippen LogP contribution in [0.15, 0.2) is 78.4 Å². The molecule has 0 bridgehead atoms. The first kappa shape index (κ1) is 12.0. The summed E-state index contributed by atoms with van der Waals surface area (Å²) in [5, 5.41) is 0.765. The number of allylic oxidation sites excluding steroid dienone is 5. The fourth-order valence-corrected chi connectivity index (χ4v) is 2.42. The second-order valence-corrected chi connectivity index (χ2v) is 4.90. The van der Waals surface area contributed by atoms with Crippen LogP contribution in [0.3, 0.4) is 0 Å². The standard InChI is InChI=1S/C18H13Cl/c19-17-10-4-6-14(13-17)12-16-9-5-11-18(16)15-7-2-1-3-8-15/h1-13H/b16-12+. The van der Waals surface area contributed by atoms with E-state index in [0.717, 1.165) is 10.6 Å². The molecule has 0 spiro atoms. The highest BCUT2D eigenvalue weighted by molar-refractivity contribution is 6.30. The summed E-state index contributed by atoms with van der Waals surface area (Å²) in [6.45, 7) is 0. The largest absolute Gasteiger partial charge is 0.0843 e. The van der Waals surface area contributed by atoms with Crippen LogP contribution in [-0.4, -0.2) is 0 Å². The van der Waals surface area contributed by atoms with Gasteiger partial charge >= 0.3 is 0 Å². The minimum Gasteiger partial charge on any atom is -0.0843 e. The molecule has 0 fully saturated rings. The van der Waals surface area contributed by atoms with Gasteiger partial charge in [0.15, 0.2) is 0 Å². The Balaban J connectivity index is 1.97. The van der Waals surface area contributed by atoms with E-state index >= 15 is 0 Å². The third-order valence-electron chi connectivity index (χ3n) is 3.11. The molecule has 0 radical (unpaired) electrons. The van der Waals surface area contributed by atoms with E-state index in [1.54, 1.807) is 0 Å². The van der Waals surface area contributed by atoms with Gasteiger partial charge in [0.05, 0.1) is 0 Å². The summed E-state index contributed by atoms with van der Waals surface area (Å²) in [6, 6.07) is 18.3. The van der Waals surface area contributed by atoms with Gasteiger partial charge in [-0.2, -0.15) is 0 Å². The van der Waals surface area contributed by atoms with Crippen LogP contribution >= 0.6 is 11.6 Å². The number of benzene rings is 2. The lowest BCUT2D eigenvalue weighted by molar-refractivity contribution is 1.59. The van der Waals surface area contributed by atoms with Gasteiger partial charge in [0.25, 0.3) is 0 Å². The Hall–Kier alpha value is -2.05. The van der Waals surface area contributed by atoms with E-state index in [0.29, 0.717) is 0 Å². The topological polar surface area (TPSA) is 0 Å². The zero-order chi connectivity index (χ0) is 13.1. The summed E-state index contributed by atoms with van der Waals surface area (Å²) >= 11 is 6.02. The molecule has 0 saturated heterocycles. The van der Waals surface area contributed by atoms with E-state index < -0.39 is 0 Å². The molecule has 3 rings (SSSR count). The van der Waals surface area contributed by atoms with Crippen molar-refractivity contribution in [3.63, 3.8) is 0 Å². The van der Waals surface area contributed by atoms with Crippen LogP contribution in [0.2, 0.25) is 5.02 Å². The summed E-state index contributed by atoms with van der Waals surface area (Å²) in [4.78, 5) is 0. The molecule has 0 aromatic heterocycles. The number of rotatable bonds is 2. The summed E-state index contributed by atoms with van der Waals surface area (Å²) < 4.78 is 0. The Morgan fingerprint density at radius 3 is 2.53 bits per heavy atom. The molecule has 0 atom stereocenters. The van der Waals surface area contributed by atoms with Crippen molar-refractivity contribution >= 4 is 23.3 Å². The summed E-state index contributed by atoms with van der Waals surface area (Å²) in [5.74, 6) is 0. The van der Waals surface area contributed by atoms with Gasteiger partial charge in [-0.15, -0.1) is 0 Å². The lowest BCUT2D eigenvalue weighted by Crippen LogP contribution is -1.84. The fraction of sp³-hybridized carbons (Fsp3) is 0. The molecule has 0 heterocycles. The van der Waals surface area contributed by atoms with Gasteiger partial charge in [-0.25, -0.2) is 0 Å². The molecule has 0 N–H and O–H groups in total. The molecule has 2 aromatic rings. The number of hydrogen-bond acceptors (Lipinski definition) is 0. The number of halogens is 1. The molecule has 0 aliphatic heterocycles. The van der Waals surface area contributed by atoms with E-state index in [9.17, 15) is 0 Å². The summed E-state index contributed by atoms with van der Waals surface area (Å²) in [7, 11) is 0. The maximum absolute atomic E-state index is 6.02. The molecule has 0 nitrogen and oxygen atoms in total. The lowest BCUT2D eigenvalue weighted by atomic mass is 9.99. The third-order valence-corrected chi connectivity index (χ3v) is 3.34. The zero-order valence-electron chi connectivity index (χ0n) is 10.4. The average molecular weight is 265 g/mol. The van der Waals surface area contributed by atoms with E-state index in [-0.39, 0.29) is 0 Å². The average Bonchev–Trinajstić information content (AvgIpc) is 2.88. The Bertz CT molecular complexity index is 676. The minimum atomic E-state index is 0.765. The SMILES string of the molecule is Clc1cccc(/C=C2\C=CC=C2c2ccccc2)c1. The first-order chi connectivity index (χ1) is 9.33. The van der Waals surface area contributed by atoms with Crippen molar-refractivity contribution in [1.82, 2.24) is 0 Å². The molecular weight excluding hydrogens is 252 g/mol. The third kappa shape index (κ3) is 2.69. The van der Waals surface area contributed by atoms with Crippen LogP contribution in [0.5, 0.6) is 0 Å². The van der Waals surface area contributed by atoms with E-state index in [1.165, 1.54) is 16.7 Å². The van der Waals surface area contributed by atoms with Crippen molar-refractivity contribution in [1.29, 1.82) is 0 Å². The van der Waals surface area contributed by atoms with Crippen LogP contribution in [0, 0.1) is 0 Å². The first-order valence-electron chi connectivity index (χ1n) is 6.24. The molecule has 2 aromatic carbocycles. The molecular formula is C18H13Cl. The monoisotopic (exact) mass is 264 g/mol. The molecule has 1 heteroatoms. The van der Waals surface area contributed by atoms with Crippen LogP contribution in [0.25, 0.3) is 11.6 Å². The quantitative estimate of drug-likeness (QED) is 0.683. The van der Waals surface area contributed by atoms with Crippen molar-refractivity contribution in [2.24, 2.45) is 0 Å². The lowest BCUT2D eigenvalue weighted by Gasteiger charge is -2.06. The second kappa shape index (κ2) is 5.29. The van der Waals surface area contributed by atoms with Crippen LogP contribution in [-0.2, 0) is 0 Å². The molecule has 0 unspecified atom stereocenters. The van der Waals surface area contributed by atoms with Crippen LogP contribution in [0.1, 0.15) is 11.1 Å². The van der Waals surface area contributed by atoms with E-state index in [1.807, 2.05) is 24.3 Å². The van der Waals surface area contributed by atoms with E-state index in [4.69, 9.17) is 11.6 Å². The second-order valence-electron chi connectivity index (χ2n) is 4.46. The first-order valence-corrected chi connectivity index (χ1v) is 6.62. The van der Waals surface area contributed by atoms with E-state index in [2.05, 4.69) is 54.6 Å². The van der Waals surface area contributed by atoms with Gasteiger partial charge in [0.1, 0.15) is 0 Å². The van der Waals surface area contributed by atoms with Gasteiger partial charge < -0.3 is 0 Å². The van der Waals surface area contributed by atoms with Crippen molar-refractivity contribution in [2.45, 2.75) is 0 Å². The highest BCUT2D eigenvalue weighted by atomic mass is 35.5. The van der Waals surface area contributed by atoms with Crippen molar-refractivity contribution < 1.29 is 0 Å². The zero-order valence-corrected chi connectivity index (χ0v) is 11.1. The summed E-state index contributed by atoms with van der Waals surface area (Å²) in [6.07, 6.45) is 8.52. The molecule has 1 aliphatic rings. The Kier molecular flexibility index (Phi) is 3.35. The number of hydrogen-bond donors (Lipinski definition) is 0. The highest BCUT2D eigenvalue weighted by Gasteiger charge is 2.08. The molecule has 19 heavy (non-hydrogen) atoms. The van der Waals surface area contributed by atoms with Gasteiger partial charge in [-0.05, 0) is 40.5 Å². The Morgan fingerprint density at radius 1 is 0.895 bits per heavy atom. The highest BCUT2D eigenvalue weighted by Crippen LogP contribution is 2.30. The Labute approximate surface area is 118 Å². The molecule has 1 aliphatic carbocycles. The summed E-state index contributed by atoms with van der Waals surface area (Å²) in [5.41, 5.74) is 4.82. The van der Waals surface area contributed by atoms with Crippen LogP contribution < -0.4 is 0 Å². The predicted molar refractivity (Wildman–Crippen MR) is 83.0 cm³/mol.